The minimum Gasteiger partial charge on any atom is -0.366 e. The molecule has 4 nitrogen and oxygen atoms in total. The van der Waals surface area contributed by atoms with E-state index in [0.717, 1.165) is 12.8 Å². The Labute approximate surface area is 97.8 Å². The fraction of sp³-hybridized carbons (Fsp3) is 0.273. The Bertz CT molecular complexity index is 455. The highest BCUT2D eigenvalue weighted by Gasteiger charge is 2.24. The number of halogens is 1. The third kappa shape index (κ3) is 2.33. The molecule has 0 spiro atoms. The number of carbonyl (C=O) groups is 2. The average Bonchev–Trinajstić information content (AvgIpc) is 3.01. The zero-order chi connectivity index (χ0) is 11.7. The molecule has 3 N–H and O–H groups in total. The molecule has 1 aromatic rings. The van der Waals surface area contributed by atoms with Crippen LogP contribution in [0.4, 0.5) is 0 Å². The first kappa shape index (κ1) is 11.0. The number of hydrogen-bond donors (Lipinski definition) is 2. The van der Waals surface area contributed by atoms with E-state index in [9.17, 15) is 9.59 Å². The number of nitrogens with two attached hydrogens (primary N) is 1. The fourth-order valence-corrected chi connectivity index (χ4v) is 1.56. The molecule has 84 valence electrons. The summed E-state index contributed by atoms with van der Waals surface area (Å²) in [6.45, 7) is 0. The van der Waals surface area contributed by atoms with Crippen molar-refractivity contribution in [3.63, 3.8) is 0 Å². The summed E-state index contributed by atoms with van der Waals surface area (Å²) >= 11 is 5.78. The minimum atomic E-state index is -0.633. The zero-order valence-corrected chi connectivity index (χ0v) is 9.25. The van der Waals surface area contributed by atoms with Crippen molar-refractivity contribution in [1.82, 2.24) is 5.32 Å². The smallest absolute Gasteiger partial charge is 0.251 e. The van der Waals surface area contributed by atoms with Gasteiger partial charge in [-0.15, -0.1) is 0 Å². The Morgan fingerprint density at radius 2 is 2.06 bits per heavy atom. The van der Waals surface area contributed by atoms with Gasteiger partial charge in [0.1, 0.15) is 0 Å². The van der Waals surface area contributed by atoms with Crippen LogP contribution in [0.3, 0.4) is 0 Å². The number of hydrogen-bond acceptors (Lipinski definition) is 2. The first-order valence-corrected chi connectivity index (χ1v) is 5.36. The maximum atomic E-state index is 11.7. The van der Waals surface area contributed by atoms with Gasteiger partial charge in [-0.3, -0.25) is 9.59 Å². The van der Waals surface area contributed by atoms with Gasteiger partial charge < -0.3 is 11.1 Å². The van der Waals surface area contributed by atoms with Gasteiger partial charge in [0.05, 0.1) is 10.6 Å². The van der Waals surface area contributed by atoms with Gasteiger partial charge in [0.25, 0.3) is 5.91 Å². The van der Waals surface area contributed by atoms with E-state index in [1.54, 1.807) is 6.07 Å². The Kier molecular flexibility index (Phi) is 2.83. The SMILES string of the molecule is NC(=O)c1cc(C(=O)NC2CC2)ccc1Cl. The van der Waals surface area contributed by atoms with E-state index in [-0.39, 0.29) is 22.5 Å². The molecule has 0 heterocycles. The molecule has 16 heavy (non-hydrogen) atoms. The summed E-state index contributed by atoms with van der Waals surface area (Å²) < 4.78 is 0. The topological polar surface area (TPSA) is 72.2 Å². The molecule has 0 saturated heterocycles. The van der Waals surface area contributed by atoms with E-state index in [1.165, 1.54) is 12.1 Å². The lowest BCUT2D eigenvalue weighted by Crippen LogP contribution is -2.25. The van der Waals surface area contributed by atoms with Crippen LogP contribution in [0.25, 0.3) is 0 Å². The second kappa shape index (κ2) is 4.14. The van der Waals surface area contributed by atoms with Crippen LogP contribution in [0, 0.1) is 0 Å². The third-order valence-electron chi connectivity index (χ3n) is 2.41. The van der Waals surface area contributed by atoms with Crippen LogP contribution in [0.2, 0.25) is 5.02 Å². The molecular formula is C11H11ClN2O2. The van der Waals surface area contributed by atoms with Crippen molar-refractivity contribution in [2.24, 2.45) is 5.73 Å². The van der Waals surface area contributed by atoms with Gasteiger partial charge >= 0.3 is 0 Å². The molecule has 5 heteroatoms. The van der Waals surface area contributed by atoms with E-state index >= 15 is 0 Å². The van der Waals surface area contributed by atoms with Crippen molar-refractivity contribution in [3.05, 3.63) is 34.3 Å². The van der Waals surface area contributed by atoms with Crippen LogP contribution in [-0.4, -0.2) is 17.9 Å². The molecular weight excluding hydrogens is 228 g/mol. The molecule has 1 aromatic carbocycles. The molecule has 1 fully saturated rings. The van der Waals surface area contributed by atoms with Gasteiger partial charge in [-0.1, -0.05) is 11.6 Å². The number of amides is 2. The molecule has 2 rings (SSSR count). The summed E-state index contributed by atoms with van der Waals surface area (Å²) in [4.78, 5) is 22.7. The summed E-state index contributed by atoms with van der Waals surface area (Å²) in [5, 5.41) is 3.08. The number of nitrogens with one attached hydrogen (secondary N) is 1. The quantitative estimate of drug-likeness (QED) is 0.834. The monoisotopic (exact) mass is 238 g/mol. The van der Waals surface area contributed by atoms with Crippen molar-refractivity contribution in [2.45, 2.75) is 18.9 Å². The molecule has 0 bridgehead atoms. The molecule has 1 aliphatic carbocycles. The molecule has 0 unspecified atom stereocenters. The van der Waals surface area contributed by atoms with Crippen molar-refractivity contribution in [3.8, 4) is 0 Å². The summed E-state index contributed by atoms with van der Waals surface area (Å²) in [5.41, 5.74) is 5.72. The Morgan fingerprint density at radius 3 is 2.62 bits per heavy atom. The van der Waals surface area contributed by atoms with Crippen LogP contribution in [0.5, 0.6) is 0 Å². The highest BCUT2D eigenvalue weighted by atomic mass is 35.5. The predicted molar refractivity (Wildman–Crippen MR) is 60.5 cm³/mol. The first-order chi connectivity index (χ1) is 7.58. The molecule has 0 aromatic heterocycles. The number of carbonyl (C=O) groups excluding carboxylic acids is 2. The van der Waals surface area contributed by atoms with Crippen LogP contribution < -0.4 is 11.1 Å². The van der Waals surface area contributed by atoms with Crippen LogP contribution in [-0.2, 0) is 0 Å². The molecule has 0 radical (unpaired) electrons. The molecule has 1 aliphatic rings. The van der Waals surface area contributed by atoms with Crippen molar-refractivity contribution in [2.75, 3.05) is 0 Å². The summed E-state index contributed by atoms with van der Waals surface area (Å²) in [6.07, 6.45) is 2.03. The number of benzene rings is 1. The lowest BCUT2D eigenvalue weighted by molar-refractivity contribution is 0.0951. The van der Waals surface area contributed by atoms with Crippen molar-refractivity contribution in [1.29, 1.82) is 0 Å². The second-order valence-corrected chi connectivity index (χ2v) is 4.21. The fourth-order valence-electron chi connectivity index (χ4n) is 1.35. The lowest BCUT2D eigenvalue weighted by atomic mass is 10.1. The first-order valence-electron chi connectivity index (χ1n) is 4.98. The van der Waals surface area contributed by atoms with E-state index in [0.29, 0.717) is 5.56 Å². The minimum absolute atomic E-state index is 0.171. The Hall–Kier alpha value is -1.55. The van der Waals surface area contributed by atoms with Crippen molar-refractivity contribution < 1.29 is 9.59 Å². The number of rotatable bonds is 3. The molecule has 2 amide bonds. The third-order valence-corrected chi connectivity index (χ3v) is 2.74. The summed E-state index contributed by atoms with van der Waals surface area (Å²) in [6, 6.07) is 4.78. The van der Waals surface area contributed by atoms with E-state index in [2.05, 4.69) is 5.32 Å². The molecule has 1 saturated carbocycles. The number of primary amides is 1. The maximum Gasteiger partial charge on any atom is 0.251 e. The summed E-state index contributed by atoms with van der Waals surface area (Å²) in [7, 11) is 0. The van der Waals surface area contributed by atoms with Gasteiger partial charge in [-0.05, 0) is 31.0 Å². The highest BCUT2D eigenvalue weighted by Crippen LogP contribution is 2.21. The highest BCUT2D eigenvalue weighted by molar-refractivity contribution is 6.34. The van der Waals surface area contributed by atoms with Gasteiger partial charge in [0.2, 0.25) is 5.91 Å². The zero-order valence-electron chi connectivity index (χ0n) is 8.50. The Morgan fingerprint density at radius 1 is 1.38 bits per heavy atom. The van der Waals surface area contributed by atoms with Gasteiger partial charge in [0.15, 0.2) is 0 Å². The van der Waals surface area contributed by atoms with Gasteiger partial charge in [-0.2, -0.15) is 0 Å². The van der Waals surface area contributed by atoms with Crippen molar-refractivity contribution >= 4 is 23.4 Å². The standard InChI is InChI=1S/C11H11ClN2O2/c12-9-4-1-6(5-8(9)10(13)15)11(16)14-7-2-3-7/h1,4-5,7H,2-3H2,(H2,13,15)(H,14,16). The molecule has 0 aliphatic heterocycles. The van der Waals surface area contributed by atoms with E-state index in [1.807, 2.05) is 0 Å². The van der Waals surface area contributed by atoms with Crippen LogP contribution in [0.1, 0.15) is 33.6 Å². The van der Waals surface area contributed by atoms with E-state index < -0.39 is 5.91 Å². The predicted octanol–water partition coefficient (Wildman–Crippen LogP) is 1.33. The lowest BCUT2D eigenvalue weighted by Gasteiger charge is -2.05. The Balaban J connectivity index is 2.23. The molecule has 0 atom stereocenters. The maximum absolute atomic E-state index is 11.7. The average molecular weight is 239 g/mol. The largest absolute Gasteiger partial charge is 0.366 e. The van der Waals surface area contributed by atoms with Gasteiger partial charge in [0, 0.05) is 11.6 Å². The normalized spacial score (nSPS) is 14.6. The summed E-state index contributed by atoms with van der Waals surface area (Å²) in [5.74, 6) is -0.826. The van der Waals surface area contributed by atoms with Crippen LogP contribution >= 0.6 is 11.6 Å². The van der Waals surface area contributed by atoms with E-state index in [4.69, 9.17) is 17.3 Å². The van der Waals surface area contributed by atoms with Gasteiger partial charge in [-0.25, -0.2) is 0 Å². The second-order valence-electron chi connectivity index (χ2n) is 3.81. The van der Waals surface area contributed by atoms with Crippen LogP contribution in [0.15, 0.2) is 18.2 Å².